The van der Waals surface area contributed by atoms with Crippen molar-refractivity contribution in [3.8, 4) is 17.2 Å². The van der Waals surface area contributed by atoms with Crippen LogP contribution in [0.15, 0.2) is 22.7 Å². The molecule has 4 nitrogen and oxygen atoms in total. The molecular formula is C11H12N2O2S. The van der Waals surface area contributed by atoms with Crippen molar-refractivity contribution in [1.29, 1.82) is 0 Å². The summed E-state index contributed by atoms with van der Waals surface area (Å²) in [5, 5.41) is 13.4. The number of benzene rings is 1. The predicted octanol–water partition coefficient (Wildman–Crippen LogP) is 2.61. The molecule has 0 fully saturated rings. The quantitative estimate of drug-likeness (QED) is 0.887. The van der Waals surface area contributed by atoms with Crippen molar-refractivity contribution in [2.45, 2.75) is 12.7 Å². The van der Waals surface area contributed by atoms with Gasteiger partial charge in [-0.2, -0.15) is 16.7 Å². The molecule has 0 atom stereocenters. The lowest BCUT2D eigenvalue weighted by Gasteiger charge is -2.01. The summed E-state index contributed by atoms with van der Waals surface area (Å²) in [6.45, 7) is 1.82. The fourth-order valence-corrected chi connectivity index (χ4v) is 1.78. The van der Waals surface area contributed by atoms with Crippen molar-refractivity contribution in [3.05, 3.63) is 29.6 Å². The summed E-state index contributed by atoms with van der Waals surface area (Å²) in [6.07, 6.45) is 1.98. The zero-order valence-electron chi connectivity index (χ0n) is 9.10. The van der Waals surface area contributed by atoms with Crippen molar-refractivity contribution < 1.29 is 9.63 Å². The van der Waals surface area contributed by atoms with Gasteiger partial charge in [0, 0.05) is 11.1 Å². The maximum atomic E-state index is 9.58. The van der Waals surface area contributed by atoms with E-state index in [4.69, 9.17) is 4.52 Å². The number of hydrogen-bond acceptors (Lipinski definition) is 5. The number of aromatic nitrogens is 2. The van der Waals surface area contributed by atoms with Crippen molar-refractivity contribution in [3.63, 3.8) is 0 Å². The zero-order chi connectivity index (χ0) is 11.5. The highest BCUT2D eigenvalue weighted by atomic mass is 32.2. The summed E-state index contributed by atoms with van der Waals surface area (Å²) in [6, 6.07) is 5.25. The Labute approximate surface area is 97.7 Å². The summed E-state index contributed by atoms with van der Waals surface area (Å²) >= 11 is 1.64. The van der Waals surface area contributed by atoms with Gasteiger partial charge in [0.2, 0.25) is 0 Å². The summed E-state index contributed by atoms with van der Waals surface area (Å²) < 4.78 is 5.15. The summed E-state index contributed by atoms with van der Waals surface area (Å²) in [4.78, 5) is 4.26. The molecule has 1 aromatic heterocycles. The van der Waals surface area contributed by atoms with Crippen LogP contribution in [0.1, 0.15) is 11.4 Å². The van der Waals surface area contributed by atoms with Crippen molar-refractivity contribution in [2.24, 2.45) is 0 Å². The summed E-state index contributed by atoms with van der Waals surface area (Å²) in [5.74, 6) is 2.09. The first-order chi connectivity index (χ1) is 7.72. The van der Waals surface area contributed by atoms with Crippen LogP contribution < -0.4 is 0 Å². The standard InChI is InChI=1S/C11H12N2O2S/c1-7-8(4-3-5-9(7)14)11-12-10(6-16-2)13-15-11/h3-5,14H,6H2,1-2H3. The molecular weight excluding hydrogens is 224 g/mol. The Balaban J connectivity index is 2.39. The molecule has 0 radical (unpaired) electrons. The smallest absolute Gasteiger partial charge is 0.258 e. The van der Waals surface area contributed by atoms with Gasteiger partial charge in [0.1, 0.15) is 5.75 Å². The van der Waals surface area contributed by atoms with E-state index in [1.165, 1.54) is 0 Å². The fourth-order valence-electron chi connectivity index (χ4n) is 1.41. The Kier molecular flexibility index (Phi) is 3.14. The minimum Gasteiger partial charge on any atom is -0.508 e. The monoisotopic (exact) mass is 236 g/mol. The topological polar surface area (TPSA) is 59.2 Å². The first-order valence-electron chi connectivity index (χ1n) is 4.83. The first kappa shape index (κ1) is 11.0. The molecule has 5 heteroatoms. The molecule has 16 heavy (non-hydrogen) atoms. The lowest BCUT2D eigenvalue weighted by Crippen LogP contribution is -1.85. The molecule has 0 bridgehead atoms. The Morgan fingerprint density at radius 2 is 2.25 bits per heavy atom. The molecule has 1 heterocycles. The van der Waals surface area contributed by atoms with Gasteiger partial charge in [-0.3, -0.25) is 0 Å². The molecule has 0 unspecified atom stereocenters. The third kappa shape index (κ3) is 2.04. The second kappa shape index (κ2) is 4.57. The van der Waals surface area contributed by atoms with Crippen molar-refractivity contribution >= 4 is 11.8 Å². The van der Waals surface area contributed by atoms with Gasteiger partial charge in [-0.25, -0.2) is 0 Å². The normalized spacial score (nSPS) is 10.6. The average molecular weight is 236 g/mol. The van der Waals surface area contributed by atoms with Crippen LogP contribution in [0, 0.1) is 6.92 Å². The van der Waals surface area contributed by atoms with Crippen molar-refractivity contribution in [1.82, 2.24) is 10.1 Å². The highest BCUT2D eigenvalue weighted by Crippen LogP contribution is 2.27. The van der Waals surface area contributed by atoms with E-state index >= 15 is 0 Å². The second-order valence-electron chi connectivity index (χ2n) is 3.40. The van der Waals surface area contributed by atoms with Gasteiger partial charge in [-0.15, -0.1) is 0 Å². The van der Waals surface area contributed by atoms with Crippen LogP contribution in [0.5, 0.6) is 5.75 Å². The molecule has 1 N–H and O–H groups in total. The molecule has 0 aliphatic rings. The maximum Gasteiger partial charge on any atom is 0.258 e. The van der Waals surface area contributed by atoms with Gasteiger partial charge in [0.05, 0.1) is 5.75 Å². The Hall–Kier alpha value is -1.49. The van der Waals surface area contributed by atoms with E-state index < -0.39 is 0 Å². The molecule has 1 aromatic carbocycles. The molecule has 2 rings (SSSR count). The minimum absolute atomic E-state index is 0.238. The van der Waals surface area contributed by atoms with Crippen LogP contribution in [0.3, 0.4) is 0 Å². The molecule has 0 aliphatic carbocycles. The third-order valence-corrected chi connectivity index (χ3v) is 2.82. The van der Waals surface area contributed by atoms with Gasteiger partial charge in [0.15, 0.2) is 5.82 Å². The number of phenolic OH excluding ortho intramolecular Hbond substituents is 1. The van der Waals surface area contributed by atoms with Gasteiger partial charge >= 0.3 is 0 Å². The zero-order valence-corrected chi connectivity index (χ0v) is 9.91. The van der Waals surface area contributed by atoms with Gasteiger partial charge in [-0.05, 0) is 25.3 Å². The van der Waals surface area contributed by atoms with E-state index in [1.807, 2.05) is 19.2 Å². The highest BCUT2D eigenvalue weighted by Gasteiger charge is 2.12. The number of phenols is 1. The van der Waals surface area contributed by atoms with E-state index in [0.717, 1.165) is 16.9 Å². The lowest BCUT2D eigenvalue weighted by molar-refractivity contribution is 0.424. The van der Waals surface area contributed by atoms with E-state index in [9.17, 15) is 5.11 Å². The van der Waals surface area contributed by atoms with E-state index in [-0.39, 0.29) is 5.75 Å². The predicted molar refractivity (Wildman–Crippen MR) is 63.4 cm³/mol. The van der Waals surface area contributed by atoms with Crippen LogP contribution >= 0.6 is 11.8 Å². The molecule has 0 saturated heterocycles. The number of hydrogen-bond donors (Lipinski definition) is 1. The Bertz CT molecular complexity index is 496. The van der Waals surface area contributed by atoms with Crippen LogP contribution in [0.2, 0.25) is 0 Å². The van der Waals surface area contributed by atoms with E-state index in [1.54, 1.807) is 23.9 Å². The number of thioether (sulfide) groups is 1. The largest absolute Gasteiger partial charge is 0.508 e. The van der Waals surface area contributed by atoms with Crippen LogP contribution in [0.4, 0.5) is 0 Å². The molecule has 84 valence electrons. The molecule has 0 spiro atoms. The highest BCUT2D eigenvalue weighted by molar-refractivity contribution is 7.97. The third-order valence-electron chi connectivity index (χ3n) is 2.28. The van der Waals surface area contributed by atoms with E-state index in [2.05, 4.69) is 10.1 Å². The molecule has 0 saturated carbocycles. The Morgan fingerprint density at radius 3 is 3.00 bits per heavy atom. The molecule has 2 aromatic rings. The van der Waals surface area contributed by atoms with Gasteiger partial charge in [0.25, 0.3) is 5.89 Å². The summed E-state index contributed by atoms with van der Waals surface area (Å²) in [7, 11) is 0. The number of aromatic hydroxyl groups is 1. The SMILES string of the molecule is CSCc1noc(-c2cccc(O)c2C)n1. The van der Waals surface area contributed by atoms with E-state index in [0.29, 0.717) is 11.7 Å². The Morgan fingerprint density at radius 1 is 1.44 bits per heavy atom. The minimum atomic E-state index is 0.238. The second-order valence-corrected chi connectivity index (χ2v) is 4.26. The first-order valence-corrected chi connectivity index (χ1v) is 6.22. The average Bonchev–Trinajstić information content (AvgIpc) is 2.71. The maximum absolute atomic E-state index is 9.58. The van der Waals surface area contributed by atoms with Crippen LogP contribution in [-0.2, 0) is 5.75 Å². The van der Waals surface area contributed by atoms with Gasteiger partial charge in [-0.1, -0.05) is 11.2 Å². The van der Waals surface area contributed by atoms with Crippen LogP contribution in [0.25, 0.3) is 11.5 Å². The number of rotatable bonds is 3. The molecule has 0 amide bonds. The van der Waals surface area contributed by atoms with Crippen LogP contribution in [-0.4, -0.2) is 21.5 Å². The lowest BCUT2D eigenvalue weighted by atomic mass is 10.1. The van der Waals surface area contributed by atoms with Crippen molar-refractivity contribution in [2.75, 3.05) is 6.26 Å². The molecule has 0 aliphatic heterocycles. The van der Waals surface area contributed by atoms with Gasteiger partial charge < -0.3 is 9.63 Å². The summed E-state index contributed by atoms with van der Waals surface area (Å²) in [5.41, 5.74) is 1.53. The number of nitrogens with zero attached hydrogens (tertiary/aromatic N) is 2. The fraction of sp³-hybridized carbons (Fsp3) is 0.273.